The van der Waals surface area contributed by atoms with E-state index in [1.54, 1.807) is 0 Å². The number of nitrogens with one attached hydrogen (secondary N) is 1. The molecule has 0 fully saturated rings. The Kier molecular flexibility index (Phi) is 2.33. The normalized spacial score (nSPS) is 26.4. The fraction of sp³-hybridized carbons (Fsp3) is 0.455. The van der Waals surface area contributed by atoms with Gasteiger partial charge in [0.1, 0.15) is 0 Å². The molecule has 0 spiro atoms. The van der Waals surface area contributed by atoms with E-state index in [0.29, 0.717) is 6.04 Å². The Labute approximate surface area is 87.7 Å². The van der Waals surface area contributed by atoms with Crippen LogP contribution in [-0.2, 0) is 6.42 Å². The smallest absolute Gasteiger partial charge is 0.0375 e. The first-order chi connectivity index (χ1) is 6.16. The molecule has 13 heavy (non-hydrogen) atoms. The Morgan fingerprint density at radius 1 is 1.38 bits per heavy atom. The van der Waals surface area contributed by atoms with Gasteiger partial charge in [0.05, 0.1) is 0 Å². The first-order valence-electron chi connectivity index (χ1n) is 4.72. The van der Waals surface area contributed by atoms with Crippen LogP contribution in [0.2, 0.25) is 0 Å². The number of halogens is 1. The lowest BCUT2D eigenvalue weighted by molar-refractivity contribution is 0.491. The van der Waals surface area contributed by atoms with E-state index in [1.165, 1.54) is 22.1 Å². The minimum Gasteiger partial charge on any atom is -0.382 e. The molecule has 1 N–H and O–H groups in total. The van der Waals surface area contributed by atoms with Gasteiger partial charge in [-0.15, -0.1) is 0 Å². The minimum atomic E-state index is 0.591. The summed E-state index contributed by atoms with van der Waals surface area (Å²) in [5.41, 5.74) is 2.73. The molecule has 1 nitrogen and oxygen atoms in total. The topological polar surface area (TPSA) is 12.0 Å². The van der Waals surface area contributed by atoms with Crippen LogP contribution < -0.4 is 5.32 Å². The lowest BCUT2D eigenvalue weighted by Crippen LogP contribution is -2.30. The maximum Gasteiger partial charge on any atom is 0.0375 e. The second-order valence-corrected chi connectivity index (χ2v) is 4.83. The molecule has 0 aliphatic carbocycles. The lowest BCUT2D eigenvalue weighted by atomic mass is 9.90. The van der Waals surface area contributed by atoms with Gasteiger partial charge >= 0.3 is 0 Å². The molecule has 1 aromatic carbocycles. The highest BCUT2D eigenvalue weighted by molar-refractivity contribution is 9.10. The van der Waals surface area contributed by atoms with Crippen molar-refractivity contribution >= 4 is 21.6 Å². The first kappa shape index (κ1) is 9.07. The van der Waals surface area contributed by atoms with Gasteiger partial charge in [-0.25, -0.2) is 0 Å². The second kappa shape index (κ2) is 3.33. The second-order valence-electron chi connectivity index (χ2n) is 3.92. The Hall–Kier alpha value is -0.500. The fourth-order valence-corrected chi connectivity index (χ4v) is 2.19. The molecule has 0 bridgehead atoms. The number of anilines is 1. The maximum atomic E-state index is 3.52. The molecule has 0 radical (unpaired) electrons. The van der Waals surface area contributed by atoms with Gasteiger partial charge in [-0.1, -0.05) is 22.9 Å². The molecule has 0 amide bonds. The van der Waals surface area contributed by atoms with Crippen molar-refractivity contribution < 1.29 is 0 Å². The zero-order valence-corrected chi connectivity index (χ0v) is 9.56. The van der Waals surface area contributed by atoms with E-state index in [1.807, 2.05) is 0 Å². The van der Waals surface area contributed by atoms with E-state index in [2.05, 4.69) is 53.3 Å². The van der Waals surface area contributed by atoms with E-state index in [0.717, 1.165) is 5.92 Å². The first-order valence-corrected chi connectivity index (χ1v) is 5.51. The lowest BCUT2D eigenvalue weighted by Gasteiger charge is -2.30. The van der Waals surface area contributed by atoms with Crippen molar-refractivity contribution in [3.05, 3.63) is 28.2 Å². The molecule has 0 aromatic heterocycles. The zero-order valence-electron chi connectivity index (χ0n) is 7.97. The zero-order chi connectivity index (χ0) is 9.42. The van der Waals surface area contributed by atoms with Gasteiger partial charge < -0.3 is 5.32 Å². The van der Waals surface area contributed by atoms with Crippen LogP contribution in [0.25, 0.3) is 0 Å². The molecular formula is C11H14BrN. The molecular weight excluding hydrogens is 226 g/mol. The van der Waals surface area contributed by atoms with Crippen molar-refractivity contribution in [3.8, 4) is 0 Å². The highest BCUT2D eigenvalue weighted by Crippen LogP contribution is 2.30. The molecule has 1 heterocycles. The molecule has 0 saturated carbocycles. The van der Waals surface area contributed by atoms with Crippen LogP contribution >= 0.6 is 15.9 Å². The summed E-state index contributed by atoms with van der Waals surface area (Å²) in [6.07, 6.45) is 1.18. The molecule has 2 heteroatoms. The third-order valence-electron chi connectivity index (χ3n) is 2.85. The van der Waals surface area contributed by atoms with Gasteiger partial charge in [0, 0.05) is 16.2 Å². The Balaban J connectivity index is 2.37. The van der Waals surface area contributed by atoms with Crippen LogP contribution in [-0.4, -0.2) is 6.04 Å². The van der Waals surface area contributed by atoms with Gasteiger partial charge in [-0.05, 0) is 43.0 Å². The maximum absolute atomic E-state index is 3.52. The molecule has 2 atom stereocenters. The standard InChI is InChI=1S/C11H14BrN/c1-7-5-9-6-10(12)3-4-11(9)13-8(7)2/h3-4,6-8,13H,5H2,1-2H3/t7-,8+/m1/s1. The summed E-state index contributed by atoms with van der Waals surface area (Å²) in [6, 6.07) is 7.05. The number of fused-ring (bicyclic) bond motifs is 1. The van der Waals surface area contributed by atoms with Gasteiger partial charge in [0.2, 0.25) is 0 Å². The number of hydrogen-bond acceptors (Lipinski definition) is 1. The van der Waals surface area contributed by atoms with Crippen molar-refractivity contribution in [1.82, 2.24) is 0 Å². The summed E-state index contributed by atoms with van der Waals surface area (Å²) < 4.78 is 1.18. The average Bonchev–Trinajstić information content (AvgIpc) is 2.08. The SMILES string of the molecule is C[C@@H]1Cc2cc(Br)ccc2N[C@H]1C. The van der Waals surface area contributed by atoms with Crippen LogP contribution in [0.15, 0.2) is 22.7 Å². The van der Waals surface area contributed by atoms with Crippen LogP contribution in [0.3, 0.4) is 0 Å². The Bertz CT molecular complexity index is 322. The number of hydrogen-bond donors (Lipinski definition) is 1. The monoisotopic (exact) mass is 239 g/mol. The van der Waals surface area contributed by atoms with E-state index in [9.17, 15) is 0 Å². The molecule has 2 rings (SSSR count). The number of benzene rings is 1. The molecule has 1 aromatic rings. The molecule has 70 valence electrons. The third-order valence-corrected chi connectivity index (χ3v) is 3.34. The Morgan fingerprint density at radius 2 is 2.15 bits per heavy atom. The molecule has 1 aliphatic rings. The molecule has 0 saturated heterocycles. The van der Waals surface area contributed by atoms with Gasteiger partial charge in [0.15, 0.2) is 0 Å². The summed E-state index contributed by atoms with van der Waals surface area (Å²) >= 11 is 3.50. The highest BCUT2D eigenvalue weighted by atomic mass is 79.9. The minimum absolute atomic E-state index is 0.591. The van der Waals surface area contributed by atoms with Crippen LogP contribution in [0.1, 0.15) is 19.4 Å². The van der Waals surface area contributed by atoms with Crippen molar-refractivity contribution in [2.24, 2.45) is 5.92 Å². The predicted molar refractivity (Wildman–Crippen MR) is 60.1 cm³/mol. The van der Waals surface area contributed by atoms with Crippen molar-refractivity contribution in [2.75, 3.05) is 5.32 Å². The van der Waals surface area contributed by atoms with E-state index in [4.69, 9.17) is 0 Å². The largest absolute Gasteiger partial charge is 0.382 e. The van der Waals surface area contributed by atoms with E-state index < -0.39 is 0 Å². The van der Waals surface area contributed by atoms with Crippen LogP contribution in [0.4, 0.5) is 5.69 Å². The van der Waals surface area contributed by atoms with Crippen molar-refractivity contribution in [1.29, 1.82) is 0 Å². The molecule has 1 aliphatic heterocycles. The van der Waals surface area contributed by atoms with Crippen molar-refractivity contribution in [3.63, 3.8) is 0 Å². The van der Waals surface area contributed by atoms with Crippen LogP contribution in [0, 0.1) is 5.92 Å². The third kappa shape index (κ3) is 1.73. The fourth-order valence-electron chi connectivity index (χ4n) is 1.78. The highest BCUT2D eigenvalue weighted by Gasteiger charge is 2.20. The Morgan fingerprint density at radius 3 is 2.92 bits per heavy atom. The van der Waals surface area contributed by atoms with Crippen LogP contribution in [0.5, 0.6) is 0 Å². The predicted octanol–water partition coefficient (Wildman–Crippen LogP) is 3.44. The summed E-state index contributed by atoms with van der Waals surface area (Å²) in [4.78, 5) is 0. The summed E-state index contributed by atoms with van der Waals surface area (Å²) in [7, 11) is 0. The number of rotatable bonds is 0. The summed E-state index contributed by atoms with van der Waals surface area (Å²) in [5.74, 6) is 0.724. The van der Waals surface area contributed by atoms with E-state index in [-0.39, 0.29) is 0 Å². The molecule has 0 unspecified atom stereocenters. The quantitative estimate of drug-likeness (QED) is 0.732. The van der Waals surface area contributed by atoms with Crippen molar-refractivity contribution in [2.45, 2.75) is 26.3 Å². The van der Waals surface area contributed by atoms with Gasteiger partial charge in [-0.3, -0.25) is 0 Å². The van der Waals surface area contributed by atoms with Gasteiger partial charge in [-0.2, -0.15) is 0 Å². The summed E-state index contributed by atoms with van der Waals surface area (Å²) in [5, 5.41) is 3.52. The average molecular weight is 240 g/mol. The van der Waals surface area contributed by atoms with E-state index >= 15 is 0 Å². The van der Waals surface area contributed by atoms with Gasteiger partial charge in [0.25, 0.3) is 0 Å². The summed E-state index contributed by atoms with van der Waals surface area (Å²) in [6.45, 7) is 4.54.